The highest BCUT2D eigenvalue weighted by Crippen LogP contribution is 2.37. The second-order valence-corrected chi connectivity index (χ2v) is 5.58. The maximum Gasteiger partial charge on any atom is 0.418 e. The Balaban J connectivity index is 2.36. The van der Waals surface area contributed by atoms with Gasteiger partial charge >= 0.3 is 6.18 Å². The molecule has 1 aromatic carbocycles. The Morgan fingerprint density at radius 3 is 2.57 bits per heavy atom. The molecular weight excluding hydrogens is 325 g/mol. The van der Waals surface area contributed by atoms with Gasteiger partial charge < -0.3 is 11.1 Å². The summed E-state index contributed by atoms with van der Waals surface area (Å²) in [6.45, 7) is 1.71. The number of thiophene rings is 1. The van der Waals surface area contributed by atoms with Crippen molar-refractivity contribution in [2.75, 3.05) is 11.1 Å². The Morgan fingerprint density at radius 2 is 2.05 bits per heavy atom. The van der Waals surface area contributed by atoms with Crippen LogP contribution in [0.4, 0.5) is 24.5 Å². The van der Waals surface area contributed by atoms with Crippen molar-refractivity contribution >= 4 is 40.2 Å². The quantitative estimate of drug-likeness (QED) is 0.791. The summed E-state index contributed by atoms with van der Waals surface area (Å²) in [7, 11) is 0. The van der Waals surface area contributed by atoms with Crippen molar-refractivity contribution in [3.63, 3.8) is 0 Å². The fraction of sp³-hybridized carbons (Fsp3) is 0.154. The number of rotatable bonds is 2. The number of anilines is 2. The van der Waals surface area contributed by atoms with Crippen LogP contribution in [0.2, 0.25) is 5.02 Å². The van der Waals surface area contributed by atoms with E-state index in [1.807, 2.05) is 0 Å². The monoisotopic (exact) mass is 334 g/mol. The number of alkyl halides is 3. The van der Waals surface area contributed by atoms with Gasteiger partial charge in [-0.3, -0.25) is 4.79 Å². The summed E-state index contributed by atoms with van der Waals surface area (Å²) in [5, 5.41) is 4.12. The van der Waals surface area contributed by atoms with E-state index in [0.29, 0.717) is 5.56 Å². The number of carbonyl (C=O) groups is 1. The molecule has 0 spiro atoms. The Bertz CT molecular complexity index is 697. The summed E-state index contributed by atoms with van der Waals surface area (Å²) in [5.41, 5.74) is 4.66. The smallest absolute Gasteiger partial charge is 0.399 e. The van der Waals surface area contributed by atoms with Crippen LogP contribution in [-0.4, -0.2) is 5.91 Å². The van der Waals surface area contributed by atoms with Gasteiger partial charge in [-0.1, -0.05) is 11.6 Å². The van der Waals surface area contributed by atoms with Gasteiger partial charge in [0, 0.05) is 5.69 Å². The standard InChI is InChI=1S/C13H10ClF3N2OS/c1-6-5-21-11(10(6)14)12(20)19-9-3-2-7(18)4-8(9)13(15,16)17/h2-5H,18H2,1H3,(H,19,20). The van der Waals surface area contributed by atoms with Crippen LogP contribution < -0.4 is 11.1 Å². The first-order valence-corrected chi connectivity index (χ1v) is 6.97. The van der Waals surface area contributed by atoms with Crippen molar-refractivity contribution in [1.82, 2.24) is 0 Å². The number of carbonyl (C=O) groups excluding carboxylic acids is 1. The lowest BCUT2D eigenvalue weighted by atomic mass is 10.1. The lowest BCUT2D eigenvalue weighted by molar-refractivity contribution is -0.136. The summed E-state index contributed by atoms with van der Waals surface area (Å²) in [5.74, 6) is -0.687. The molecule has 0 bridgehead atoms. The van der Waals surface area contributed by atoms with Crippen LogP contribution in [0.25, 0.3) is 0 Å². The van der Waals surface area contributed by atoms with Crippen LogP contribution in [0, 0.1) is 6.92 Å². The molecule has 0 aliphatic heterocycles. The van der Waals surface area contributed by atoms with Gasteiger partial charge in [0.25, 0.3) is 5.91 Å². The topological polar surface area (TPSA) is 55.1 Å². The summed E-state index contributed by atoms with van der Waals surface area (Å²) in [6.07, 6.45) is -4.62. The third kappa shape index (κ3) is 3.30. The number of nitrogen functional groups attached to an aromatic ring is 1. The molecule has 0 aliphatic carbocycles. The van der Waals surface area contributed by atoms with E-state index in [-0.39, 0.29) is 21.3 Å². The lowest BCUT2D eigenvalue weighted by Gasteiger charge is -2.14. The maximum absolute atomic E-state index is 12.9. The highest BCUT2D eigenvalue weighted by atomic mass is 35.5. The van der Waals surface area contributed by atoms with Gasteiger partial charge in [0.05, 0.1) is 16.3 Å². The average molecular weight is 335 g/mol. The SMILES string of the molecule is Cc1csc(C(=O)Nc2ccc(N)cc2C(F)(F)F)c1Cl. The minimum absolute atomic E-state index is 0.0367. The fourth-order valence-corrected chi connectivity index (χ4v) is 2.84. The summed E-state index contributed by atoms with van der Waals surface area (Å²) < 4.78 is 38.8. The lowest BCUT2D eigenvalue weighted by Crippen LogP contribution is -2.16. The van der Waals surface area contributed by atoms with Gasteiger partial charge in [0.1, 0.15) is 4.88 Å². The van der Waals surface area contributed by atoms with E-state index < -0.39 is 17.6 Å². The van der Waals surface area contributed by atoms with E-state index in [1.54, 1.807) is 12.3 Å². The number of nitrogens with two attached hydrogens (primary N) is 1. The minimum Gasteiger partial charge on any atom is -0.399 e. The van der Waals surface area contributed by atoms with E-state index in [1.165, 1.54) is 6.07 Å². The highest BCUT2D eigenvalue weighted by Gasteiger charge is 2.34. The fourth-order valence-electron chi connectivity index (χ4n) is 1.67. The molecule has 0 fully saturated rings. The van der Waals surface area contributed by atoms with E-state index in [9.17, 15) is 18.0 Å². The minimum atomic E-state index is -4.62. The molecule has 2 rings (SSSR count). The second-order valence-electron chi connectivity index (χ2n) is 4.32. The van der Waals surface area contributed by atoms with Crippen molar-refractivity contribution in [2.24, 2.45) is 0 Å². The van der Waals surface area contributed by atoms with Gasteiger partial charge in [0.15, 0.2) is 0 Å². The number of hydrogen-bond acceptors (Lipinski definition) is 3. The Kier molecular flexibility index (Phi) is 4.15. The molecule has 0 saturated heterocycles. The molecule has 112 valence electrons. The van der Waals surface area contributed by atoms with E-state index in [2.05, 4.69) is 5.32 Å². The van der Waals surface area contributed by atoms with Crippen molar-refractivity contribution < 1.29 is 18.0 Å². The molecule has 8 heteroatoms. The van der Waals surface area contributed by atoms with E-state index in [0.717, 1.165) is 23.5 Å². The molecule has 3 nitrogen and oxygen atoms in total. The zero-order valence-corrected chi connectivity index (χ0v) is 12.3. The first kappa shape index (κ1) is 15.7. The van der Waals surface area contributed by atoms with Crippen molar-refractivity contribution in [3.05, 3.63) is 44.6 Å². The van der Waals surface area contributed by atoms with Crippen LogP contribution >= 0.6 is 22.9 Å². The van der Waals surface area contributed by atoms with Gasteiger partial charge in [0.2, 0.25) is 0 Å². The summed E-state index contributed by atoms with van der Waals surface area (Å²) >= 11 is 7.00. The molecule has 0 radical (unpaired) electrons. The normalized spacial score (nSPS) is 11.5. The predicted molar refractivity (Wildman–Crippen MR) is 77.9 cm³/mol. The van der Waals surface area contributed by atoms with Crippen LogP contribution in [0.3, 0.4) is 0 Å². The zero-order valence-electron chi connectivity index (χ0n) is 10.7. The molecule has 3 N–H and O–H groups in total. The third-order valence-corrected chi connectivity index (χ3v) is 4.40. The van der Waals surface area contributed by atoms with Crippen molar-refractivity contribution in [1.29, 1.82) is 0 Å². The molecule has 0 atom stereocenters. The summed E-state index contributed by atoms with van der Waals surface area (Å²) in [4.78, 5) is 12.2. The molecule has 0 saturated carbocycles. The number of nitrogens with one attached hydrogen (secondary N) is 1. The number of amides is 1. The predicted octanol–water partition coefficient (Wildman–Crippen LogP) is 4.56. The molecule has 21 heavy (non-hydrogen) atoms. The largest absolute Gasteiger partial charge is 0.418 e. The van der Waals surface area contributed by atoms with Gasteiger partial charge in [-0.15, -0.1) is 11.3 Å². The molecule has 1 heterocycles. The molecular formula is C13H10ClF3N2OS. The van der Waals surface area contributed by atoms with Crippen molar-refractivity contribution in [2.45, 2.75) is 13.1 Å². The maximum atomic E-state index is 12.9. The average Bonchev–Trinajstić information content (AvgIpc) is 2.71. The molecule has 0 aliphatic rings. The first-order valence-electron chi connectivity index (χ1n) is 5.72. The Hall–Kier alpha value is -1.73. The summed E-state index contributed by atoms with van der Waals surface area (Å²) in [6, 6.07) is 3.17. The van der Waals surface area contributed by atoms with Crippen LogP contribution in [0.1, 0.15) is 20.8 Å². The van der Waals surface area contributed by atoms with E-state index in [4.69, 9.17) is 17.3 Å². The van der Waals surface area contributed by atoms with Crippen LogP contribution in [0.5, 0.6) is 0 Å². The zero-order chi connectivity index (χ0) is 15.8. The molecule has 1 amide bonds. The molecule has 2 aromatic rings. The number of hydrogen-bond donors (Lipinski definition) is 2. The van der Waals surface area contributed by atoms with Gasteiger partial charge in [-0.2, -0.15) is 13.2 Å². The molecule has 1 aromatic heterocycles. The number of aryl methyl sites for hydroxylation is 1. The van der Waals surface area contributed by atoms with Gasteiger partial charge in [-0.05, 0) is 36.1 Å². The third-order valence-electron chi connectivity index (χ3n) is 2.70. The van der Waals surface area contributed by atoms with Gasteiger partial charge in [-0.25, -0.2) is 0 Å². The highest BCUT2D eigenvalue weighted by molar-refractivity contribution is 7.13. The molecule has 0 unspecified atom stereocenters. The number of halogens is 4. The van der Waals surface area contributed by atoms with E-state index >= 15 is 0 Å². The van der Waals surface area contributed by atoms with Crippen molar-refractivity contribution in [3.8, 4) is 0 Å². The van der Waals surface area contributed by atoms with Crippen LogP contribution in [-0.2, 0) is 6.18 Å². The Labute approximate surface area is 127 Å². The Morgan fingerprint density at radius 1 is 1.38 bits per heavy atom. The first-order chi connectivity index (χ1) is 9.70. The second kappa shape index (κ2) is 5.57. The van der Waals surface area contributed by atoms with Crippen LogP contribution in [0.15, 0.2) is 23.6 Å². The number of benzene rings is 1.